The van der Waals surface area contributed by atoms with E-state index in [0.717, 1.165) is 0 Å². The van der Waals surface area contributed by atoms with Crippen LogP contribution in [0.4, 0.5) is 0 Å². The lowest BCUT2D eigenvalue weighted by molar-refractivity contribution is 0.0696. The minimum atomic E-state index is -1.00. The topological polar surface area (TPSA) is 117 Å². The van der Waals surface area contributed by atoms with Gasteiger partial charge in [0.2, 0.25) is 0 Å². The van der Waals surface area contributed by atoms with Gasteiger partial charge in [-0.3, -0.25) is 4.79 Å². The highest BCUT2D eigenvalue weighted by atomic mass is 127. The highest BCUT2D eigenvalue weighted by Crippen LogP contribution is 2.28. The molecule has 8 nitrogen and oxygen atoms in total. The van der Waals surface area contributed by atoms with Crippen LogP contribution >= 0.6 is 22.6 Å². The third kappa shape index (κ3) is 5.97. The number of aromatic carboxylic acids is 1. The number of aromatic hydroxyl groups is 1. The Morgan fingerprint density at radius 2 is 1.88 bits per heavy atom. The van der Waals surface area contributed by atoms with E-state index in [-0.39, 0.29) is 23.5 Å². The molecule has 0 unspecified atom stereocenters. The van der Waals surface area contributed by atoms with Crippen molar-refractivity contribution < 1.29 is 29.3 Å². The molecule has 0 aliphatic carbocycles. The lowest BCUT2D eigenvalue weighted by Crippen LogP contribution is -2.17. The Bertz CT molecular complexity index is 1180. The highest BCUT2D eigenvalue weighted by molar-refractivity contribution is 14.1. The molecule has 3 aromatic carbocycles. The Balaban J connectivity index is 1.64. The first-order chi connectivity index (χ1) is 15.4. The fraction of sp³-hybridized carbons (Fsp3) is 0.0870. The van der Waals surface area contributed by atoms with Crippen molar-refractivity contribution in [1.29, 1.82) is 0 Å². The Kier molecular flexibility index (Phi) is 7.66. The molecule has 3 rings (SSSR count). The van der Waals surface area contributed by atoms with E-state index < -0.39 is 11.9 Å². The Labute approximate surface area is 197 Å². The average Bonchev–Trinajstić information content (AvgIpc) is 2.79. The number of carboxylic acid groups (broad SMARTS) is 1. The number of ether oxygens (including phenoxy) is 2. The molecule has 9 heteroatoms. The van der Waals surface area contributed by atoms with Crippen molar-refractivity contribution >= 4 is 40.7 Å². The number of methoxy groups -OCH3 is 1. The van der Waals surface area contributed by atoms with Crippen molar-refractivity contribution in [2.24, 2.45) is 5.10 Å². The van der Waals surface area contributed by atoms with E-state index in [0.29, 0.717) is 26.2 Å². The molecule has 0 radical (unpaired) electrons. The number of phenols is 1. The zero-order chi connectivity index (χ0) is 23.1. The first-order valence-electron chi connectivity index (χ1n) is 9.32. The number of carboxylic acids is 1. The second-order valence-corrected chi connectivity index (χ2v) is 7.73. The molecule has 1 amide bonds. The lowest BCUT2D eigenvalue weighted by Gasteiger charge is -2.11. The number of carbonyl (C=O) groups excluding carboxylic acids is 1. The number of carbonyl (C=O) groups is 2. The first-order valence-corrected chi connectivity index (χ1v) is 10.4. The summed E-state index contributed by atoms with van der Waals surface area (Å²) in [5, 5.41) is 22.7. The number of amides is 1. The molecule has 0 bridgehead atoms. The van der Waals surface area contributed by atoms with E-state index in [1.54, 1.807) is 48.5 Å². The second-order valence-electron chi connectivity index (χ2n) is 6.57. The number of halogens is 1. The number of benzene rings is 3. The van der Waals surface area contributed by atoms with Crippen molar-refractivity contribution in [3.63, 3.8) is 0 Å². The molecule has 164 valence electrons. The Morgan fingerprint density at radius 1 is 1.06 bits per heavy atom. The van der Waals surface area contributed by atoms with Gasteiger partial charge in [-0.2, -0.15) is 5.10 Å². The summed E-state index contributed by atoms with van der Waals surface area (Å²) in [5.41, 5.74) is 4.25. The number of nitrogens with zero attached hydrogens (tertiary/aromatic N) is 1. The van der Waals surface area contributed by atoms with Gasteiger partial charge in [0, 0.05) is 5.56 Å². The summed E-state index contributed by atoms with van der Waals surface area (Å²) in [7, 11) is 1.50. The molecular weight excluding hydrogens is 527 g/mol. The average molecular weight is 546 g/mol. The molecule has 0 heterocycles. The van der Waals surface area contributed by atoms with Crippen LogP contribution in [-0.4, -0.2) is 35.4 Å². The normalized spacial score (nSPS) is 10.7. The summed E-state index contributed by atoms with van der Waals surface area (Å²) in [6, 6.07) is 16.2. The zero-order valence-electron chi connectivity index (χ0n) is 16.9. The van der Waals surface area contributed by atoms with Gasteiger partial charge in [0.25, 0.3) is 5.91 Å². The van der Waals surface area contributed by atoms with Gasteiger partial charge in [0.1, 0.15) is 12.4 Å². The van der Waals surface area contributed by atoms with Gasteiger partial charge in [0.15, 0.2) is 11.5 Å². The largest absolute Gasteiger partial charge is 0.507 e. The summed E-state index contributed by atoms with van der Waals surface area (Å²) in [6.07, 6.45) is 1.45. The number of nitrogens with one attached hydrogen (secondary N) is 1. The molecule has 0 aromatic heterocycles. The smallest absolute Gasteiger partial charge is 0.335 e. The maximum atomic E-state index is 12.1. The molecule has 0 aliphatic heterocycles. The van der Waals surface area contributed by atoms with Gasteiger partial charge < -0.3 is 19.7 Å². The van der Waals surface area contributed by atoms with Crippen LogP contribution in [-0.2, 0) is 6.61 Å². The number of hydrogen-bond acceptors (Lipinski definition) is 6. The van der Waals surface area contributed by atoms with Crippen molar-refractivity contribution in [2.45, 2.75) is 6.61 Å². The van der Waals surface area contributed by atoms with E-state index in [9.17, 15) is 14.7 Å². The van der Waals surface area contributed by atoms with Crippen LogP contribution in [0.3, 0.4) is 0 Å². The minimum absolute atomic E-state index is 0.0252. The van der Waals surface area contributed by atoms with Gasteiger partial charge in [-0.1, -0.05) is 12.1 Å². The van der Waals surface area contributed by atoms with Crippen molar-refractivity contribution in [3.8, 4) is 17.2 Å². The van der Waals surface area contributed by atoms with Gasteiger partial charge in [-0.05, 0) is 82.2 Å². The van der Waals surface area contributed by atoms with Crippen LogP contribution in [0.1, 0.15) is 31.8 Å². The maximum absolute atomic E-state index is 12.1. The quantitative estimate of drug-likeness (QED) is 0.223. The molecule has 3 aromatic rings. The highest BCUT2D eigenvalue weighted by Gasteiger charge is 2.09. The number of hydrazone groups is 1. The molecule has 0 fully saturated rings. The Morgan fingerprint density at radius 3 is 2.59 bits per heavy atom. The SMILES string of the molecule is COc1cc(/C=N\NC(=O)c2ccc(I)c(O)c2)ccc1OCc1cccc(C(=O)O)c1. The van der Waals surface area contributed by atoms with Gasteiger partial charge in [-0.15, -0.1) is 0 Å². The van der Waals surface area contributed by atoms with E-state index in [1.165, 1.54) is 25.5 Å². The maximum Gasteiger partial charge on any atom is 0.335 e. The van der Waals surface area contributed by atoms with Crippen LogP contribution in [0.25, 0.3) is 0 Å². The molecule has 3 N–H and O–H groups in total. The third-order valence-electron chi connectivity index (χ3n) is 4.34. The fourth-order valence-corrected chi connectivity index (χ4v) is 3.06. The number of rotatable bonds is 8. The second kappa shape index (κ2) is 10.6. The summed E-state index contributed by atoms with van der Waals surface area (Å²) >= 11 is 1.97. The minimum Gasteiger partial charge on any atom is -0.507 e. The predicted molar refractivity (Wildman–Crippen MR) is 127 cm³/mol. The van der Waals surface area contributed by atoms with Crippen LogP contribution in [0.5, 0.6) is 17.2 Å². The molecule has 0 saturated heterocycles. The molecule has 0 aliphatic rings. The lowest BCUT2D eigenvalue weighted by atomic mass is 10.1. The van der Waals surface area contributed by atoms with Gasteiger partial charge in [-0.25, -0.2) is 10.2 Å². The van der Waals surface area contributed by atoms with E-state index in [4.69, 9.17) is 14.6 Å². The predicted octanol–water partition coefficient (Wildman–Crippen LogP) is 4.05. The van der Waals surface area contributed by atoms with Crippen molar-refractivity contribution in [1.82, 2.24) is 5.43 Å². The molecule has 0 saturated carbocycles. The van der Waals surface area contributed by atoms with Crippen LogP contribution < -0.4 is 14.9 Å². The molecule has 0 spiro atoms. The van der Waals surface area contributed by atoms with Crippen LogP contribution in [0, 0.1) is 3.57 Å². The van der Waals surface area contributed by atoms with Gasteiger partial charge >= 0.3 is 5.97 Å². The van der Waals surface area contributed by atoms with Gasteiger partial charge in [0.05, 0.1) is 22.5 Å². The van der Waals surface area contributed by atoms with E-state index in [2.05, 4.69) is 10.5 Å². The Hall–Kier alpha value is -3.60. The van der Waals surface area contributed by atoms with Crippen LogP contribution in [0.15, 0.2) is 65.8 Å². The monoisotopic (exact) mass is 546 g/mol. The molecule has 32 heavy (non-hydrogen) atoms. The third-order valence-corrected chi connectivity index (χ3v) is 5.26. The summed E-state index contributed by atoms with van der Waals surface area (Å²) in [6.45, 7) is 0.170. The standard InChI is InChI=1S/C23H19IN2O6/c1-31-21-10-14(12-25-26-22(28)16-6-7-18(24)19(27)11-16)5-8-20(21)32-13-15-3-2-4-17(9-15)23(29)30/h2-12,27H,13H2,1H3,(H,26,28)(H,29,30)/b25-12-. The summed E-state index contributed by atoms with van der Waals surface area (Å²) in [4.78, 5) is 23.2. The first kappa shape index (κ1) is 23.1. The van der Waals surface area contributed by atoms with Crippen LogP contribution in [0.2, 0.25) is 0 Å². The number of hydrogen-bond donors (Lipinski definition) is 3. The number of phenolic OH excluding ortho intramolecular Hbond substituents is 1. The summed E-state index contributed by atoms with van der Waals surface area (Å²) in [5.74, 6) is -0.499. The van der Waals surface area contributed by atoms with Crippen molar-refractivity contribution in [3.05, 3.63) is 86.5 Å². The summed E-state index contributed by atoms with van der Waals surface area (Å²) < 4.78 is 11.8. The molecule has 0 atom stereocenters. The molecular formula is C23H19IN2O6. The van der Waals surface area contributed by atoms with E-state index in [1.807, 2.05) is 22.6 Å². The van der Waals surface area contributed by atoms with Crippen molar-refractivity contribution in [2.75, 3.05) is 7.11 Å². The zero-order valence-corrected chi connectivity index (χ0v) is 19.1. The van der Waals surface area contributed by atoms with E-state index >= 15 is 0 Å². The fourth-order valence-electron chi connectivity index (χ4n) is 2.72.